The number of hydrogen-bond donors (Lipinski definition) is 2. The topological polar surface area (TPSA) is 102 Å². The first kappa shape index (κ1) is 45.8. The van der Waals surface area contributed by atoms with E-state index in [0.29, 0.717) is 61.7 Å². The average molecular weight is 783 g/mol. The second-order valence-corrected chi connectivity index (χ2v) is 16.4. The fourth-order valence-electron chi connectivity index (χ4n) is 8.24. The Balaban J connectivity index is 1.57. The standard InChI is InChI=1S/C50H70O7/c1-7-9-10-13-37-16-18-40(19-17-37)41-20-22-42(23-21-41)47-25-24-43(30-39(47)8-2)46-31-44(14-11-27-56-49(53)35(3)4)48(55-29-26-38(33-51)34-52)45(32-46)15-12-28-57-50(54)36(5)6/h20-22,24-25,30-32,37-38,40,42,51-52H,3,5,7-19,23,26-29,33-34H2,1-2,4,6H3. The zero-order valence-corrected chi connectivity index (χ0v) is 35.4. The van der Waals surface area contributed by atoms with Crippen molar-refractivity contribution in [3.63, 3.8) is 0 Å². The summed E-state index contributed by atoms with van der Waals surface area (Å²) in [6.07, 6.45) is 23.1. The molecule has 1 fully saturated rings. The minimum absolute atomic E-state index is 0.120. The molecule has 2 aromatic carbocycles. The van der Waals surface area contributed by atoms with E-state index in [4.69, 9.17) is 14.2 Å². The van der Waals surface area contributed by atoms with Crippen molar-refractivity contribution in [2.75, 3.05) is 33.0 Å². The van der Waals surface area contributed by atoms with E-state index in [1.54, 1.807) is 19.4 Å². The predicted octanol–water partition coefficient (Wildman–Crippen LogP) is 10.7. The van der Waals surface area contributed by atoms with Gasteiger partial charge in [-0.3, -0.25) is 0 Å². The highest BCUT2D eigenvalue weighted by Crippen LogP contribution is 2.40. The van der Waals surface area contributed by atoms with Gasteiger partial charge in [-0.2, -0.15) is 0 Å². The number of aliphatic hydroxyl groups excluding tert-OH is 2. The Morgan fingerprint density at radius 2 is 1.40 bits per heavy atom. The van der Waals surface area contributed by atoms with Crippen molar-refractivity contribution < 1.29 is 34.0 Å². The van der Waals surface area contributed by atoms with Crippen molar-refractivity contribution in [2.45, 2.75) is 130 Å². The maximum Gasteiger partial charge on any atom is 0.333 e. The molecule has 0 spiro atoms. The largest absolute Gasteiger partial charge is 0.493 e. The van der Waals surface area contributed by atoms with Crippen molar-refractivity contribution in [2.24, 2.45) is 17.8 Å². The summed E-state index contributed by atoms with van der Waals surface area (Å²) in [4.78, 5) is 24.2. The highest BCUT2D eigenvalue weighted by Gasteiger charge is 2.25. The van der Waals surface area contributed by atoms with Crippen LogP contribution in [-0.2, 0) is 38.3 Å². The molecule has 7 nitrogen and oxygen atoms in total. The van der Waals surface area contributed by atoms with E-state index in [1.807, 2.05) is 0 Å². The molecule has 0 heterocycles. The van der Waals surface area contributed by atoms with E-state index in [9.17, 15) is 19.8 Å². The third kappa shape index (κ3) is 14.1. The normalized spacial score (nSPS) is 17.9. The van der Waals surface area contributed by atoms with Crippen LogP contribution < -0.4 is 4.74 Å². The van der Waals surface area contributed by atoms with E-state index >= 15 is 0 Å². The first-order valence-corrected chi connectivity index (χ1v) is 21.7. The Morgan fingerprint density at radius 3 is 1.93 bits per heavy atom. The number of esters is 2. The lowest BCUT2D eigenvalue weighted by Crippen LogP contribution is -2.17. The zero-order chi connectivity index (χ0) is 41.2. The SMILES string of the molecule is C=C(C)C(=O)OCCCc1cc(-c2ccc(C3C=CC(C4CCC(CCCCC)CC4)=CC3)c(CC)c2)cc(CCCOC(=O)C(=C)C)c1OCCC(CO)CO. The van der Waals surface area contributed by atoms with Gasteiger partial charge in [-0.05, 0) is 147 Å². The molecule has 0 amide bonds. The van der Waals surface area contributed by atoms with Gasteiger partial charge in [-0.25, -0.2) is 9.59 Å². The summed E-state index contributed by atoms with van der Waals surface area (Å²) in [6, 6.07) is 11.2. The Kier molecular flexibility index (Phi) is 19.3. The molecule has 2 N–H and O–H groups in total. The van der Waals surface area contributed by atoms with Gasteiger partial charge in [0.25, 0.3) is 0 Å². The van der Waals surface area contributed by atoms with Crippen molar-refractivity contribution in [3.8, 4) is 16.9 Å². The Labute approximate surface area is 343 Å². The molecule has 7 heteroatoms. The summed E-state index contributed by atoms with van der Waals surface area (Å²) in [5, 5.41) is 19.4. The van der Waals surface area contributed by atoms with Gasteiger partial charge in [0, 0.05) is 36.2 Å². The van der Waals surface area contributed by atoms with Gasteiger partial charge in [0.1, 0.15) is 5.75 Å². The second-order valence-electron chi connectivity index (χ2n) is 16.4. The fourth-order valence-corrected chi connectivity index (χ4v) is 8.24. The minimum Gasteiger partial charge on any atom is -0.493 e. The molecular formula is C50H70O7. The number of benzene rings is 2. The van der Waals surface area contributed by atoms with Gasteiger partial charge >= 0.3 is 11.9 Å². The maximum atomic E-state index is 12.1. The molecule has 4 rings (SSSR count). The zero-order valence-electron chi connectivity index (χ0n) is 35.4. The quantitative estimate of drug-likeness (QED) is 0.0621. The van der Waals surface area contributed by atoms with Crippen LogP contribution in [0.4, 0.5) is 0 Å². The number of allylic oxidation sites excluding steroid dienone is 4. The number of ether oxygens (including phenoxy) is 3. The van der Waals surface area contributed by atoms with Crippen molar-refractivity contribution >= 4 is 11.9 Å². The van der Waals surface area contributed by atoms with Gasteiger partial charge in [-0.15, -0.1) is 0 Å². The van der Waals surface area contributed by atoms with Gasteiger partial charge in [-0.1, -0.05) is 89.1 Å². The molecule has 0 radical (unpaired) electrons. The van der Waals surface area contributed by atoms with Crippen LogP contribution >= 0.6 is 0 Å². The van der Waals surface area contributed by atoms with Crippen LogP contribution in [0.15, 0.2) is 78.4 Å². The molecule has 0 aliphatic heterocycles. The highest BCUT2D eigenvalue weighted by atomic mass is 16.5. The minimum atomic E-state index is -0.406. The molecule has 312 valence electrons. The monoisotopic (exact) mass is 783 g/mol. The molecule has 1 unspecified atom stereocenters. The predicted molar refractivity (Wildman–Crippen MR) is 231 cm³/mol. The van der Waals surface area contributed by atoms with Gasteiger partial charge < -0.3 is 24.4 Å². The fraction of sp³-hybridized carbons (Fsp3) is 0.560. The summed E-state index contributed by atoms with van der Waals surface area (Å²) in [5.74, 6) is 1.65. The Morgan fingerprint density at radius 1 is 0.789 bits per heavy atom. The van der Waals surface area contributed by atoms with Crippen LogP contribution in [0, 0.1) is 17.8 Å². The lowest BCUT2D eigenvalue weighted by Gasteiger charge is -2.31. The van der Waals surface area contributed by atoms with Gasteiger partial charge in [0.05, 0.1) is 19.8 Å². The second kappa shape index (κ2) is 24.1. The molecule has 2 aliphatic carbocycles. The summed E-state index contributed by atoms with van der Waals surface area (Å²) in [5.41, 5.74) is 9.17. The highest BCUT2D eigenvalue weighted by molar-refractivity contribution is 5.87. The number of hydrogen-bond acceptors (Lipinski definition) is 7. The Bertz CT molecular complexity index is 1630. The van der Waals surface area contributed by atoms with Crippen LogP contribution in [0.5, 0.6) is 5.75 Å². The molecule has 2 aliphatic rings. The number of carbonyl (C=O) groups is 2. The van der Waals surface area contributed by atoms with Crippen LogP contribution in [0.2, 0.25) is 0 Å². The number of carbonyl (C=O) groups excluding carboxylic acids is 2. The number of aryl methyl sites for hydroxylation is 3. The van der Waals surface area contributed by atoms with E-state index in [0.717, 1.165) is 46.8 Å². The van der Waals surface area contributed by atoms with Crippen molar-refractivity contribution in [3.05, 3.63) is 101 Å². The Hall–Kier alpha value is -3.94. The molecule has 2 aromatic rings. The molecule has 0 bridgehead atoms. The van der Waals surface area contributed by atoms with Crippen molar-refractivity contribution in [1.29, 1.82) is 0 Å². The maximum absolute atomic E-state index is 12.1. The first-order chi connectivity index (χ1) is 27.6. The van der Waals surface area contributed by atoms with E-state index in [-0.39, 0.29) is 32.3 Å². The van der Waals surface area contributed by atoms with Crippen LogP contribution in [0.3, 0.4) is 0 Å². The van der Waals surface area contributed by atoms with Crippen molar-refractivity contribution in [1.82, 2.24) is 0 Å². The molecular weight excluding hydrogens is 713 g/mol. The first-order valence-electron chi connectivity index (χ1n) is 21.7. The number of rotatable bonds is 24. The van der Waals surface area contributed by atoms with Crippen LogP contribution in [0.25, 0.3) is 11.1 Å². The average Bonchev–Trinajstić information content (AvgIpc) is 3.23. The third-order valence-corrected chi connectivity index (χ3v) is 11.8. The van der Waals surface area contributed by atoms with E-state index in [2.05, 4.69) is 75.6 Å². The van der Waals surface area contributed by atoms with Gasteiger partial charge in [0.15, 0.2) is 0 Å². The summed E-state index contributed by atoms with van der Waals surface area (Å²) < 4.78 is 17.3. The molecule has 57 heavy (non-hydrogen) atoms. The molecule has 1 saturated carbocycles. The third-order valence-electron chi connectivity index (χ3n) is 11.8. The summed E-state index contributed by atoms with van der Waals surface area (Å²) in [6.45, 7) is 15.8. The molecule has 0 saturated heterocycles. The molecule has 1 atom stereocenters. The lowest BCUT2D eigenvalue weighted by atomic mass is 9.74. The van der Waals surface area contributed by atoms with Gasteiger partial charge in [0.2, 0.25) is 0 Å². The van der Waals surface area contributed by atoms with E-state index < -0.39 is 11.9 Å². The van der Waals surface area contributed by atoms with Crippen LogP contribution in [-0.4, -0.2) is 55.2 Å². The molecule has 0 aromatic heterocycles. The van der Waals surface area contributed by atoms with Crippen LogP contribution in [0.1, 0.15) is 133 Å². The smallest absolute Gasteiger partial charge is 0.333 e. The number of unbranched alkanes of at least 4 members (excludes halogenated alkanes) is 2. The summed E-state index contributed by atoms with van der Waals surface area (Å²) in [7, 11) is 0. The number of aliphatic hydroxyl groups is 2. The summed E-state index contributed by atoms with van der Waals surface area (Å²) >= 11 is 0. The lowest BCUT2D eigenvalue weighted by molar-refractivity contribution is -0.139. The van der Waals surface area contributed by atoms with E-state index in [1.165, 1.54) is 62.5 Å².